The van der Waals surface area contributed by atoms with Crippen LogP contribution in [-0.2, 0) is 0 Å². The number of methoxy groups -OCH3 is 1. The van der Waals surface area contributed by atoms with Crippen molar-refractivity contribution in [1.29, 1.82) is 0 Å². The summed E-state index contributed by atoms with van der Waals surface area (Å²) in [6.45, 7) is 2.58. The van der Waals surface area contributed by atoms with Crippen LogP contribution in [0.4, 0.5) is 5.69 Å². The van der Waals surface area contributed by atoms with E-state index in [4.69, 9.17) is 21.1 Å². The van der Waals surface area contributed by atoms with Gasteiger partial charge in [0, 0.05) is 5.56 Å². The summed E-state index contributed by atoms with van der Waals surface area (Å²) >= 11 is 6.22. The lowest BCUT2D eigenvalue weighted by Gasteiger charge is -2.12. The minimum atomic E-state index is -0.439. The second-order valence-electron chi connectivity index (χ2n) is 6.02. The number of aromatic nitrogens is 2. The van der Waals surface area contributed by atoms with E-state index < -0.39 is 5.56 Å². The summed E-state index contributed by atoms with van der Waals surface area (Å²) in [6.07, 6.45) is 3.90. The Morgan fingerprint density at radius 2 is 2.00 bits per heavy atom. The van der Waals surface area contributed by atoms with Crippen molar-refractivity contribution in [3.05, 3.63) is 75.7 Å². The Morgan fingerprint density at radius 1 is 1.21 bits per heavy atom. The zero-order valence-electron chi connectivity index (χ0n) is 16.1. The maximum absolute atomic E-state index is 12.5. The molecule has 2 aromatic carbocycles. The molecule has 150 valence electrons. The number of rotatable bonds is 8. The summed E-state index contributed by atoms with van der Waals surface area (Å²) in [7, 11) is 1.58. The summed E-state index contributed by atoms with van der Waals surface area (Å²) < 4.78 is 12.4. The van der Waals surface area contributed by atoms with Crippen LogP contribution in [0.1, 0.15) is 18.9 Å². The van der Waals surface area contributed by atoms with Gasteiger partial charge in [-0.25, -0.2) is 0 Å². The molecule has 0 unspecified atom stereocenters. The lowest BCUT2D eigenvalue weighted by Crippen LogP contribution is -2.22. The van der Waals surface area contributed by atoms with E-state index in [9.17, 15) is 4.79 Å². The molecule has 3 rings (SSSR count). The number of ether oxygens (including phenoxy) is 2. The first-order chi connectivity index (χ1) is 14.2. The number of nitrogens with zero attached hydrogens (tertiary/aromatic N) is 3. The van der Waals surface area contributed by atoms with Crippen molar-refractivity contribution in [2.24, 2.45) is 5.10 Å². The number of benzene rings is 2. The van der Waals surface area contributed by atoms with Crippen LogP contribution in [-0.4, -0.2) is 29.7 Å². The highest BCUT2D eigenvalue weighted by atomic mass is 35.5. The molecule has 0 radical (unpaired) electrons. The van der Waals surface area contributed by atoms with Gasteiger partial charge in [-0.1, -0.05) is 42.8 Å². The summed E-state index contributed by atoms with van der Waals surface area (Å²) in [5.41, 5.74) is 3.99. The zero-order chi connectivity index (χ0) is 20.6. The van der Waals surface area contributed by atoms with Gasteiger partial charge in [0.1, 0.15) is 10.7 Å². The van der Waals surface area contributed by atoms with Crippen LogP contribution in [0.15, 0.2) is 64.6 Å². The molecule has 0 saturated heterocycles. The first kappa shape index (κ1) is 20.4. The smallest absolute Gasteiger partial charge is 0.292 e. The molecule has 0 bridgehead atoms. The van der Waals surface area contributed by atoms with E-state index in [2.05, 4.69) is 15.6 Å². The third-order valence-corrected chi connectivity index (χ3v) is 4.35. The highest BCUT2D eigenvalue weighted by molar-refractivity contribution is 6.32. The van der Waals surface area contributed by atoms with Crippen LogP contribution < -0.4 is 20.5 Å². The summed E-state index contributed by atoms with van der Waals surface area (Å²) in [5, 5.41) is 8.33. The van der Waals surface area contributed by atoms with E-state index in [1.165, 1.54) is 10.9 Å². The minimum absolute atomic E-state index is 0.00546. The average Bonchev–Trinajstić information content (AvgIpc) is 2.76. The number of halogens is 1. The van der Waals surface area contributed by atoms with Crippen LogP contribution in [0.25, 0.3) is 5.69 Å². The Bertz CT molecular complexity index is 1050. The lowest BCUT2D eigenvalue weighted by atomic mass is 10.2. The fraction of sp³-hybridized carbons (Fsp3) is 0.190. The van der Waals surface area contributed by atoms with Crippen molar-refractivity contribution >= 4 is 23.5 Å². The van der Waals surface area contributed by atoms with Crippen molar-refractivity contribution in [1.82, 2.24) is 9.78 Å². The van der Waals surface area contributed by atoms with Gasteiger partial charge in [0.05, 0.1) is 31.8 Å². The van der Waals surface area contributed by atoms with Gasteiger partial charge >= 0.3 is 0 Å². The normalized spacial score (nSPS) is 10.9. The van der Waals surface area contributed by atoms with Gasteiger partial charge in [-0.15, -0.1) is 0 Å². The minimum Gasteiger partial charge on any atom is -0.493 e. The van der Waals surface area contributed by atoms with E-state index in [0.29, 0.717) is 29.5 Å². The third-order valence-electron chi connectivity index (χ3n) is 3.99. The Kier molecular flexibility index (Phi) is 6.86. The van der Waals surface area contributed by atoms with E-state index in [-0.39, 0.29) is 5.02 Å². The van der Waals surface area contributed by atoms with Gasteiger partial charge in [0.25, 0.3) is 5.56 Å². The predicted molar refractivity (Wildman–Crippen MR) is 115 cm³/mol. The largest absolute Gasteiger partial charge is 0.493 e. The van der Waals surface area contributed by atoms with Crippen molar-refractivity contribution in [3.8, 4) is 17.2 Å². The molecule has 0 amide bonds. The van der Waals surface area contributed by atoms with Gasteiger partial charge in [0.2, 0.25) is 0 Å². The van der Waals surface area contributed by atoms with E-state index in [1.54, 1.807) is 25.5 Å². The maximum Gasteiger partial charge on any atom is 0.292 e. The fourth-order valence-electron chi connectivity index (χ4n) is 2.59. The maximum atomic E-state index is 12.5. The number of hydrogen-bond donors (Lipinski definition) is 1. The van der Waals surface area contributed by atoms with Crippen LogP contribution in [0.5, 0.6) is 11.5 Å². The SMILES string of the molecule is CCCOc1c(/C=N\Nc2cnn(-c3ccccc3)c(=O)c2Cl)cccc1OC. The number of anilines is 1. The monoisotopic (exact) mass is 412 g/mol. The Balaban J connectivity index is 1.83. The summed E-state index contributed by atoms with van der Waals surface area (Å²) in [4.78, 5) is 12.5. The molecule has 1 N–H and O–H groups in total. The van der Waals surface area contributed by atoms with Crippen LogP contribution in [0.3, 0.4) is 0 Å². The number of nitrogens with one attached hydrogen (secondary N) is 1. The quantitative estimate of drug-likeness (QED) is 0.444. The molecule has 1 aromatic heterocycles. The van der Waals surface area contributed by atoms with Gasteiger partial charge < -0.3 is 9.47 Å². The first-order valence-corrected chi connectivity index (χ1v) is 9.45. The fourth-order valence-corrected chi connectivity index (χ4v) is 2.76. The van der Waals surface area contributed by atoms with Crippen molar-refractivity contribution in [2.45, 2.75) is 13.3 Å². The molecule has 0 saturated carbocycles. The number of hydrogen-bond acceptors (Lipinski definition) is 6. The lowest BCUT2D eigenvalue weighted by molar-refractivity contribution is 0.294. The van der Waals surface area contributed by atoms with Crippen LogP contribution in [0.2, 0.25) is 5.02 Å². The molecule has 0 aliphatic heterocycles. The van der Waals surface area contributed by atoms with Gasteiger partial charge in [-0.05, 0) is 30.7 Å². The van der Waals surface area contributed by atoms with Crippen molar-refractivity contribution < 1.29 is 9.47 Å². The predicted octanol–water partition coefficient (Wildman–Crippen LogP) is 4.13. The molecule has 0 aliphatic carbocycles. The van der Waals surface area contributed by atoms with E-state index >= 15 is 0 Å². The molecule has 1 heterocycles. The van der Waals surface area contributed by atoms with Crippen LogP contribution in [0, 0.1) is 0 Å². The molecule has 7 nitrogen and oxygen atoms in total. The molecule has 8 heteroatoms. The second-order valence-corrected chi connectivity index (χ2v) is 6.40. The third kappa shape index (κ3) is 4.75. The number of hydrazone groups is 1. The molecule has 0 atom stereocenters. The summed E-state index contributed by atoms with van der Waals surface area (Å²) in [6, 6.07) is 14.6. The highest BCUT2D eigenvalue weighted by Crippen LogP contribution is 2.30. The standard InChI is InChI=1S/C21H21ClN4O3/c1-3-12-29-20-15(8-7-11-18(20)28-2)13-23-25-17-14-24-26(21(27)19(17)22)16-9-5-4-6-10-16/h4-11,13-14,25H,3,12H2,1-2H3/b23-13-. The summed E-state index contributed by atoms with van der Waals surface area (Å²) in [5.74, 6) is 1.22. The topological polar surface area (TPSA) is 77.7 Å². The van der Waals surface area contributed by atoms with Gasteiger partial charge in [-0.2, -0.15) is 14.9 Å². The van der Waals surface area contributed by atoms with Gasteiger partial charge in [0.15, 0.2) is 11.5 Å². The molecular formula is C21H21ClN4O3. The zero-order valence-corrected chi connectivity index (χ0v) is 16.9. The van der Waals surface area contributed by atoms with E-state index in [0.717, 1.165) is 12.0 Å². The van der Waals surface area contributed by atoms with Gasteiger partial charge in [-0.3, -0.25) is 10.2 Å². The molecule has 3 aromatic rings. The molecule has 0 spiro atoms. The molecule has 0 fully saturated rings. The second kappa shape index (κ2) is 9.75. The highest BCUT2D eigenvalue weighted by Gasteiger charge is 2.11. The molecule has 29 heavy (non-hydrogen) atoms. The molecular weight excluding hydrogens is 392 g/mol. The van der Waals surface area contributed by atoms with Crippen LogP contribution >= 0.6 is 11.6 Å². The molecule has 0 aliphatic rings. The Labute approximate surface area is 173 Å². The Hall–Kier alpha value is -3.32. The van der Waals surface area contributed by atoms with E-state index in [1.807, 2.05) is 43.3 Å². The van der Waals surface area contributed by atoms with Crippen molar-refractivity contribution in [3.63, 3.8) is 0 Å². The Morgan fingerprint density at radius 3 is 2.72 bits per heavy atom. The average molecular weight is 413 g/mol. The number of para-hydroxylation sites is 2. The first-order valence-electron chi connectivity index (χ1n) is 9.07. The van der Waals surface area contributed by atoms with Crippen molar-refractivity contribution in [2.75, 3.05) is 19.1 Å².